The van der Waals surface area contributed by atoms with Gasteiger partial charge in [-0.1, -0.05) is 18.2 Å². The van der Waals surface area contributed by atoms with E-state index in [1.807, 2.05) is 49.1 Å². The zero-order valence-corrected chi connectivity index (χ0v) is 12.6. The van der Waals surface area contributed by atoms with E-state index < -0.39 is 0 Å². The quantitative estimate of drug-likeness (QED) is 0.851. The van der Waals surface area contributed by atoms with Crippen LogP contribution in [-0.2, 0) is 0 Å². The number of carbonyl (C=O) groups excluding carboxylic acids is 1. The summed E-state index contributed by atoms with van der Waals surface area (Å²) in [4.78, 5) is 19.9. The third-order valence-electron chi connectivity index (χ3n) is 3.56. The van der Waals surface area contributed by atoms with Gasteiger partial charge in [0.2, 0.25) is 0 Å². The van der Waals surface area contributed by atoms with Crippen molar-refractivity contribution in [3.8, 4) is 0 Å². The fourth-order valence-electron chi connectivity index (χ4n) is 2.29. The number of hydrogen-bond donors (Lipinski definition) is 0. The summed E-state index contributed by atoms with van der Waals surface area (Å²) in [6, 6.07) is 9.82. The standard InChI is InChI=1S/C16H18N2OS/c1-3-18(13-7-5-4-6-8-13)16(19)14-11(2)17-15(20-14)12-9-10-12/h4-8,12H,3,9-10H2,1-2H3. The molecule has 0 saturated heterocycles. The highest BCUT2D eigenvalue weighted by Gasteiger charge is 2.30. The number of para-hydroxylation sites is 1. The van der Waals surface area contributed by atoms with Gasteiger partial charge in [-0.3, -0.25) is 4.79 Å². The summed E-state index contributed by atoms with van der Waals surface area (Å²) < 4.78 is 0. The minimum atomic E-state index is 0.0700. The average Bonchev–Trinajstić information content (AvgIpc) is 3.24. The topological polar surface area (TPSA) is 33.2 Å². The first-order chi connectivity index (χ1) is 9.70. The number of carbonyl (C=O) groups is 1. The lowest BCUT2D eigenvalue weighted by atomic mass is 10.2. The Hall–Kier alpha value is -1.68. The molecule has 3 rings (SSSR count). The molecular formula is C16H18N2OS. The highest BCUT2D eigenvalue weighted by Crippen LogP contribution is 2.42. The van der Waals surface area contributed by atoms with E-state index >= 15 is 0 Å². The Morgan fingerprint density at radius 3 is 2.65 bits per heavy atom. The number of nitrogens with zero attached hydrogens (tertiary/aromatic N) is 2. The van der Waals surface area contributed by atoms with Gasteiger partial charge in [0.15, 0.2) is 0 Å². The lowest BCUT2D eigenvalue weighted by Crippen LogP contribution is -2.30. The predicted octanol–water partition coefficient (Wildman–Crippen LogP) is 4.00. The van der Waals surface area contributed by atoms with E-state index in [1.165, 1.54) is 12.8 Å². The van der Waals surface area contributed by atoms with Gasteiger partial charge in [-0.25, -0.2) is 4.98 Å². The molecule has 3 nitrogen and oxygen atoms in total. The van der Waals surface area contributed by atoms with Crippen molar-refractivity contribution in [1.29, 1.82) is 0 Å². The van der Waals surface area contributed by atoms with E-state index in [0.717, 1.165) is 21.3 Å². The summed E-state index contributed by atoms with van der Waals surface area (Å²) >= 11 is 1.57. The normalized spacial score (nSPS) is 14.3. The monoisotopic (exact) mass is 286 g/mol. The van der Waals surface area contributed by atoms with Crippen LogP contribution in [0.1, 0.15) is 46.1 Å². The van der Waals surface area contributed by atoms with Crippen molar-refractivity contribution in [2.45, 2.75) is 32.6 Å². The maximum Gasteiger partial charge on any atom is 0.270 e. The maximum absolute atomic E-state index is 12.7. The second kappa shape index (κ2) is 5.37. The number of aryl methyl sites for hydroxylation is 1. The number of aromatic nitrogens is 1. The molecule has 1 aliphatic rings. The highest BCUT2D eigenvalue weighted by atomic mass is 32.1. The van der Waals surface area contributed by atoms with E-state index in [9.17, 15) is 4.79 Å². The molecule has 1 heterocycles. The van der Waals surface area contributed by atoms with Crippen molar-refractivity contribution in [3.05, 3.63) is 45.9 Å². The van der Waals surface area contributed by atoms with Crippen LogP contribution < -0.4 is 4.90 Å². The molecule has 104 valence electrons. The number of hydrogen-bond acceptors (Lipinski definition) is 3. The van der Waals surface area contributed by atoms with Gasteiger partial charge in [0.25, 0.3) is 5.91 Å². The summed E-state index contributed by atoms with van der Waals surface area (Å²) in [5, 5.41) is 1.13. The van der Waals surface area contributed by atoms with Gasteiger partial charge in [0.1, 0.15) is 4.88 Å². The molecule has 0 atom stereocenters. The van der Waals surface area contributed by atoms with Gasteiger partial charge in [0.05, 0.1) is 10.7 Å². The van der Waals surface area contributed by atoms with E-state index in [2.05, 4.69) is 4.98 Å². The Morgan fingerprint density at radius 1 is 1.35 bits per heavy atom. The van der Waals surface area contributed by atoms with Gasteiger partial charge >= 0.3 is 0 Å². The molecule has 0 aliphatic heterocycles. The van der Waals surface area contributed by atoms with Crippen LogP contribution in [0.5, 0.6) is 0 Å². The number of anilines is 1. The van der Waals surface area contributed by atoms with Crippen LogP contribution in [0, 0.1) is 6.92 Å². The molecule has 0 spiro atoms. The second-order valence-corrected chi connectivity index (χ2v) is 6.16. The smallest absolute Gasteiger partial charge is 0.270 e. The van der Waals surface area contributed by atoms with E-state index in [0.29, 0.717) is 12.5 Å². The van der Waals surface area contributed by atoms with Crippen LogP contribution in [-0.4, -0.2) is 17.4 Å². The molecule has 1 aromatic carbocycles. The largest absolute Gasteiger partial charge is 0.308 e. The third-order valence-corrected chi connectivity index (χ3v) is 4.87. The zero-order valence-electron chi connectivity index (χ0n) is 11.8. The van der Waals surface area contributed by atoms with Gasteiger partial charge in [-0.15, -0.1) is 11.3 Å². The van der Waals surface area contributed by atoms with Crippen molar-refractivity contribution < 1.29 is 4.79 Å². The van der Waals surface area contributed by atoms with E-state index in [-0.39, 0.29) is 5.91 Å². The van der Waals surface area contributed by atoms with Crippen molar-refractivity contribution in [2.24, 2.45) is 0 Å². The van der Waals surface area contributed by atoms with E-state index in [1.54, 1.807) is 11.3 Å². The molecule has 2 aromatic rings. The zero-order chi connectivity index (χ0) is 14.1. The van der Waals surface area contributed by atoms with E-state index in [4.69, 9.17) is 0 Å². The molecule has 1 saturated carbocycles. The van der Waals surface area contributed by atoms with Crippen LogP contribution in [0.2, 0.25) is 0 Å². The lowest BCUT2D eigenvalue weighted by Gasteiger charge is -2.20. The summed E-state index contributed by atoms with van der Waals surface area (Å²) in [5.74, 6) is 0.674. The van der Waals surface area contributed by atoms with Crippen LogP contribution in [0.4, 0.5) is 5.69 Å². The van der Waals surface area contributed by atoms with Gasteiger partial charge < -0.3 is 4.90 Å². The summed E-state index contributed by atoms with van der Waals surface area (Å²) in [5.41, 5.74) is 1.82. The predicted molar refractivity (Wildman–Crippen MR) is 82.6 cm³/mol. The molecule has 1 amide bonds. The molecule has 20 heavy (non-hydrogen) atoms. The number of amides is 1. The molecule has 1 aromatic heterocycles. The number of benzene rings is 1. The minimum Gasteiger partial charge on any atom is -0.308 e. The summed E-state index contributed by atoms with van der Waals surface area (Å²) in [6.45, 7) is 4.61. The van der Waals surface area contributed by atoms with Gasteiger partial charge in [-0.05, 0) is 38.8 Å². The van der Waals surface area contributed by atoms with Crippen LogP contribution in [0.3, 0.4) is 0 Å². The molecule has 1 aliphatic carbocycles. The number of thiazole rings is 1. The minimum absolute atomic E-state index is 0.0700. The molecule has 0 radical (unpaired) electrons. The first-order valence-electron chi connectivity index (χ1n) is 7.05. The number of rotatable bonds is 4. The molecule has 0 unspecified atom stereocenters. The van der Waals surface area contributed by atoms with Crippen molar-refractivity contribution in [1.82, 2.24) is 4.98 Å². The SMILES string of the molecule is CCN(C(=O)c1sc(C2CC2)nc1C)c1ccccc1. The first-order valence-corrected chi connectivity index (χ1v) is 7.86. The third kappa shape index (κ3) is 2.48. The molecule has 0 N–H and O–H groups in total. The fourth-order valence-corrected chi connectivity index (χ4v) is 3.48. The van der Waals surface area contributed by atoms with Crippen molar-refractivity contribution >= 4 is 22.9 Å². The second-order valence-electron chi connectivity index (χ2n) is 5.13. The lowest BCUT2D eigenvalue weighted by molar-refractivity contribution is 0.0991. The van der Waals surface area contributed by atoms with Gasteiger partial charge in [-0.2, -0.15) is 0 Å². The molecule has 4 heteroatoms. The molecule has 1 fully saturated rings. The summed E-state index contributed by atoms with van der Waals surface area (Å²) in [6.07, 6.45) is 2.44. The highest BCUT2D eigenvalue weighted by molar-refractivity contribution is 7.14. The Kier molecular flexibility index (Phi) is 3.57. The fraction of sp³-hybridized carbons (Fsp3) is 0.375. The van der Waals surface area contributed by atoms with Crippen LogP contribution in [0.25, 0.3) is 0 Å². The first kappa shape index (κ1) is 13.3. The van der Waals surface area contributed by atoms with Crippen LogP contribution in [0.15, 0.2) is 30.3 Å². The molecular weight excluding hydrogens is 268 g/mol. The Balaban J connectivity index is 1.90. The summed E-state index contributed by atoms with van der Waals surface area (Å²) in [7, 11) is 0. The average molecular weight is 286 g/mol. The Morgan fingerprint density at radius 2 is 2.05 bits per heavy atom. The Labute approximate surface area is 123 Å². The maximum atomic E-state index is 12.7. The Bertz CT molecular complexity index is 617. The van der Waals surface area contributed by atoms with Crippen molar-refractivity contribution in [3.63, 3.8) is 0 Å². The van der Waals surface area contributed by atoms with Crippen molar-refractivity contribution in [2.75, 3.05) is 11.4 Å². The van der Waals surface area contributed by atoms with Gasteiger partial charge in [0, 0.05) is 18.2 Å². The van der Waals surface area contributed by atoms with Crippen LogP contribution >= 0.6 is 11.3 Å². The molecule has 0 bridgehead atoms.